The fourth-order valence-corrected chi connectivity index (χ4v) is 7.54. The molecule has 6 rings (SSSR count). The molecular formula is C34H44N2O6S. The van der Waals surface area contributed by atoms with Gasteiger partial charge in [-0.3, -0.25) is 4.84 Å². The number of rotatable bonds is 5. The Balaban J connectivity index is 1.52. The normalized spacial score (nSPS) is 22.1. The molecule has 2 aromatic heterocycles. The van der Waals surface area contributed by atoms with Crippen LogP contribution in [0.25, 0.3) is 21.7 Å². The number of hydrogen-bond donors (Lipinski definition) is 0. The molecule has 0 aliphatic carbocycles. The second-order valence-corrected chi connectivity index (χ2v) is 14.0. The van der Waals surface area contributed by atoms with Crippen LogP contribution in [-0.2, 0) is 49.8 Å². The second kappa shape index (κ2) is 11.7. The van der Waals surface area contributed by atoms with Crippen LogP contribution >= 0.6 is 11.3 Å². The minimum Gasteiger partial charge on any atom is -0.496 e. The maximum atomic E-state index is 13.0. The van der Waals surface area contributed by atoms with Gasteiger partial charge in [0.1, 0.15) is 18.5 Å². The third kappa shape index (κ3) is 5.66. The number of thiophene rings is 1. The molecule has 1 fully saturated rings. The van der Waals surface area contributed by atoms with Crippen molar-refractivity contribution in [1.29, 1.82) is 0 Å². The standard InChI is InChI=1S/C34H44N2O6S/c1-8-39-32(37)31-30(41-34(5,6)42-31)24-19-23-21(18-26(24)38-7)14-16-35-25-20-40-36(33(2,3)4)15-10-9-12-22(25)28(29(23)35)27-13-11-17-43-27/h11,13,17-19,30-31H,8-10,12,14-16,20H2,1-7H3/t30-,31+/m0/s1. The van der Waals surface area contributed by atoms with Crippen LogP contribution in [0.15, 0.2) is 29.6 Å². The highest BCUT2D eigenvalue weighted by atomic mass is 32.1. The van der Waals surface area contributed by atoms with Crippen molar-refractivity contribution in [3.63, 3.8) is 0 Å². The highest BCUT2D eigenvalue weighted by Gasteiger charge is 2.48. The van der Waals surface area contributed by atoms with Crippen LogP contribution in [0, 0.1) is 0 Å². The summed E-state index contributed by atoms with van der Waals surface area (Å²) in [4.78, 5) is 20.9. The van der Waals surface area contributed by atoms with E-state index in [1.807, 2.05) is 13.8 Å². The third-order valence-electron chi connectivity index (χ3n) is 8.63. The van der Waals surface area contributed by atoms with E-state index in [1.165, 1.54) is 33.0 Å². The second-order valence-electron chi connectivity index (χ2n) is 13.0. The van der Waals surface area contributed by atoms with Gasteiger partial charge in [-0.15, -0.1) is 11.3 Å². The summed E-state index contributed by atoms with van der Waals surface area (Å²) in [6, 6.07) is 8.64. The monoisotopic (exact) mass is 608 g/mol. The van der Waals surface area contributed by atoms with Crippen LogP contribution in [0.4, 0.5) is 0 Å². The summed E-state index contributed by atoms with van der Waals surface area (Å²) >= 11 is 1.77. The zero-order valence-electron chi connectivity index (χ0n) is 26.5. The number of carbonyl (C=O) groups excluding carboxylic acids is 1. The number of hydroxylamine groups is 2. The first-order chi connectivity index (χ1) is 20.5. The lowest BCUT2D eigenvalue weighted by atomic mass is 9.90. The molecule has 0 saturated carbocycles. The summed E-state index contributed by atoms with van der Waals surface area (Å²) in [7, 11) is 1.67. The molecule has 1 aromatic carbocycles. The van der Waals surface area contributed by atoms with Crippen LogP contribution in [0.2, 0.25) is 0 Å². The lowest BCUT2D eigenvalue weighted by Gasteiger charge is -2.34. The molecule has 5 heterocycles. The molecule has 8 nitrogen and oxygen atoms in total. The van der Waals surface area contributed by atoms with Crippen LogP contribution < -0.4 is 4.74 Å². The molecule has 232 valence electrons. The molecule has 1 saturated heterocycles. The summed E-state index contributed by atoms with van der Waals surface area (Å²) in [5.41, 5.74) is 8.19. The Labute approximate surface area is 258 Å². The van der Waals surface area contributed by atoms with Crippen molar-refractivity contribution in [1.82, 2.24) is 9.63 Å². The number of esters is 1. The van der Waals surface area contributed by atoms with Crippen LogP contribution in [0.5, 0.6) is 5.75 Å². The van der Waals surface area contributed by atoms with E-state index in [0.29, 0.717) is 12.4 Å². The van der Waals surface area contributed by atoms with Crippen molar-refractivity contribution in [3.8, 4) is 27.4 Å². The number of fused-ring (bicyclic) bond motifs is 5. The van der Waals surface area contributed by atoms with Gasteiger partial charge in [-0.2, -0.15) is 5.06 Å². The Kier molecular flexibility index (Phi) is 8.23. The van der Waals surface area contributed by atoms with Crippen molar-refractivity contribution in [2.45, 2.75) is 104 Å². The maximum Gasteiger partial charge on any atom is 0.338 e. The smallest absolute Gasteiger partial charge is 0.338 e. The van der Waals surface area contributed by atoms with Crippen LogP contribution in [-0.4, -0.2) is 53.3 Å². The quantitative estimate of drug-likeness (QED) is 0.287. The first-order valence-electron chi connectivity index (χ1n) is 15.4. The van der Waals surface area contributed by atoms with E-state index in [2.05, 4.69) is 60.0 Å². The molecule has 43 heavy (non-hydrogen) atoms. The van der Waals surface area contributed by atoms with Gasteiger partial charge in [-0.25, -0.2) is 4.79 Å². The average Bonchev–Trinajstić information content (AvgIpc) is 3.68. The molecule has 0 bridgehead atoms. The molecule has 0 spiro atoms. The van der Waals surface area contributed by atoms with Gasteiger partial charge in [-0.05, 0) is 102 Å². The SMILES string of the molecule is CCOC(=O)[C@@H]1OC(C)(C)O[C@H]1c1cc2c(cc1OC)CCn1c3c(c(-c4cccs4)c1-2)CCCCN(C(C)(C)C)OC3. The fourth-order valence-electron chi connectivity index (χ4n) is 6.74. The number of methoxy groups -OCH3 is 1. The summed E-state index contributed by atoms with van der Waals surface area (Å²) in [6.45, 7) is 14.7. The molecule has 0 unspecified atom stereocenters. The topological polar surface area (TPSA) is 71.4 Å². The molecule has 0 radical (unpaired) electrons. The zero-order chi connectivity index (χ0) is 30.5. The molecule has 3 aliphatic rings. The number of nitrogens with zero attached hydrogens (tertiary/aromatic N) is 2. The van der Waals surface area contributed by atoms with Crippen molar-refractivity contribution >= 4 is 17.3 Å². The van der Waals surface area contributed by atoms with E-state index in [0.717, 1.165) is 49.9 Å². The van der Waals surface area contributed by atoms with Crippen molar-refractivity contribution in [2.24, 2.45) is 0 Å². The Hall–Kier alpha value is -2.69. The molecule has 9 heteroatoms. The number of ether oxygens (including phenoxy) is 4. The number of benzene rings is 1. The Morgan fingerprint density at radius 3 is 2.65 bits per heavy atom. The highest BCUT2D eigenvalue weighted by Crippen LogP contribution is 2.49. The van der Waals surface area contributed by atoms with Gasteiger partial charge >= 0.3 is 5.97 Å². The molecule has 0 N–H and O–H groups in total. The minimum atomic E-state index is -0.949. The van der Waals surface area contributed by atoms with Crippen LogP contribution in [0.1, 0.15) is 82.9 Å². The van der Waals surface area contributed by atoms with Gasteiger partial charge in [0.25, 0.3) is 0 Å². The first-order valence-corrected chi connectivity index (χ1v) is 16.3. The highest BCUT2D eigenvalue weighted by molar-refractivity contribution is 7.13. The van der Waals surface area contributed by atoms with Crippen molar-refractivity contribution in [3.05, 3.63) is 52.0 Å². The summed E-state index contributed by atoms with van der Waals surface area (Å²) in [6.07, 6.45) is 2.47. The number of aryl methyl sites for hydroxylation is 1. The molecule has 2 atom stereocenters. The van der Waals surface area contributed by atoms with Gasteiger partial charge in [-0.1, -0.05) is 6.07 Å². The van der Waals surface area contributed by atoms with E-state index >= 15 is 0 Å². The van der Waals surface area contributed by atoms with Gasteiger partial charge in [0, 0.05) is 40.2 Å². The Morgan fingerprint density at radius 1 is 1.14 bits per heavy atom. The number of hydrogen-bond acceptors (Lipinski definition) is 8. The van der Waals surface area contributed by atoms with Crippen molar-refractivity contribution in [2.75, 3.05) is 20.3 Å². The first kappa shape index (κ1) is 30.3. The largest absolute Gasteiger partial charge is 0.496 e. The lowest BCUT2D eigenvalue weighted by molar-refractivity contribution is -0.220. The van der Waals surface area contributed by atoms with Gasteiger partial charge in [0.05, 0.1) is 25.1 Å². The summed E-state index contributed by atoms with van der Waals surface area (Å²) in [5, 5.41) is 4.30. The fraction of sp³-hybridized carbons (Fsp3) is 0.559. The van der Waals surface area contributed by atoms with Gasteiger partial charge in [0.15, 0.2) is 11.9 Å². The van der Waals surface area contributed by atoms with Gasteiger partial charge in [0.2, 0.25) is 0 Å². The number of carbonyl (C=O) groups is 1. The predicted molar refractivity (Wildman–Crippen MR) is 167 cm³/mol. The minimum absolute atomic E-state index is 0.0803. The summed E-state index contributed by atoms with van der Waals surface area (Å²) in [5.74, 6) is -0.688. The zero-order valence-corrected chi connectivity index (χ0v) is 27.3. The van der Waals surface area contributed by atoms with Crippen molar-refractivity contribution < 1.29 is 28.6 Å². The Morgan fingerprint density at radius 2 is 1.95 bits per heavy atom. The molecule has 0 amide bonds. The van der Waals surface area contributed by atoms with E-state index in [9.17, 15) is 4.79 Å². The maximum absolute atomic E-state index is 13.0. The van der Waals surface area contributed by atoms with E-state index in [4.69, 9.17) is 23.8 Å². The van der Waals surface area contributed by atoms with E-state index in [1.54, 1.807) is 25.4 Å². The number of aromatic nitrogens is 1. The van der Waals surface area contributed by atoms with Crippen LogP contribution in [0.3, 0.4) is 0 Å². The summed E-state index contributed by atoms with van der Waals surface area (Å²) < 4.78 is 26.3. The predicted octanol–water partition coefficient (Wildman–Crippen LogP) is 7.07. The molecule has 3 aliphatic heterocycles. The average molecular weight is 609 g/mol. The van der Waals surface area contributed by atoms with E-state index in [-0.39, 0.29) is 12.1 Å². The Bertz CT molecular complexity index is 1490. The third-order valence-corrected chi connectivity index (χ3v) is 9.52. The van der Waals surface area contributed by atoms with E-state index < -0.39 is 24.0 Å². The molecular weight excluding hydrogens is 564 g/mol. The molecule has 3 aromatic rings. The lowest BCUT2D eigenvalue weighted by Crippen LogP contribution is -2.41. The van der Waals surface area contributed by atoms with Gasteiger partial charge < -0.3 is 23.5 Å².